The van der Waals surface area contributed by atoms with Gasteiger partial charge in [-0.05, 0) is 37.1 Å². The molecule has 1 aromatic heterocycles. The van der Waals surface area contributed by atoms with Crippen molar-refractivity contribution in [2.45, 2.75) is 19.4 Å². The highest BCUT2D eigenvalue weighted by Crippen LogP contribution is 2.24. The summed E-state index contributed by atoms with van der Waals surface area (Å²) >= 11 is 0. The third-order valence-corrected chi connectivity index (χ3v) is 5.09. The zero-order chi connectivity index (χ0) is 19.5. The molecule has 1 N–H and O–H groups in total. The molecular weight excluding hydrogens is 352 g/mol. The van der Waals surface area contributed by atoms with Crippen LogP contribution in [0.3, 0.4) is 0 Å². The molecule has 1 atom stereocenters. The van der Waals surface area contributed by atoms with E-state index in [4.69, 9.17) is 0 Å². The van der Waals surface area contributed by atoms with E-state index >= 15 is 0 Å². The minimum absolute atomic E-state index is 0.0449. The first-order valence-electron chi connectivity index (χ1n) is 9.33. The monoisotopic (exact) mass is 374 g/mol. The number of aromatic nitrogens is 2. The normalized spacial score (nSPS) is 17.0. The second kappa shape index (κ2) is 7.68. The quantitative estimate of drug-likeness (QED) is 0.763. The van der Waals surface area contributed by atoms with Crippen molar-refractivity contribution < 1.29 is 9.59 Å². The predicted molar refractivity (Wildman–Crippen MR) is 107 cm³/mol. The summed E-state index contributed by atoms with van der Waals surface area (Å²) in [6, 6.07) is 19.5. The van der Waals surface area contributed by atoms with E-state index in [1.165, 1.54) is 0 Å². The summed E-state index contributed by atoms with van der Waals surface area (Å²) in [5.41, 5.74) is 3.54. The van der Waals surface area contributed by atoms with E-state index in [1.807, 2.05) is 61.5 Å². The van der Waals surface area contributed by atoms with Crippen molar-refractivity contribution in [3.63, 3.8) is 0 Å². The number of carbonyl (C=O) groups excluding carboxylic acids is 2. The minimum Gasteiger partial charge on any atom is -0.323 e. The Morgan fingerprint density at radius 1 is 1.11 bits per heavy atom. The number of anilines is 1. The van der Waals surface area contributed by atoms with Gasteiger partial charge in [-0.25, -0.2) is 0 Å². The molecule has 0 aliphatic carbocycles. The van der Waals surface area contributed by atoms with Crippen LogP contribution in [0.5, 0.6) is 0 Å². The Kier molecular flexibility index (Phi) is 4.93. The number of benzene rings is 2. The van der Waals surface area contributed by atoms with Crippen LogP contribution >= 0.6 is 0 Å². The molecule has 1 aliphatic heterocycles. The van der Waals surface area contributed by atoms with E-state index in [2.05, 4.69) is 10.2 Å². The lowest BCUT2D eigenvalue weighted by Gasteiger charge is -2.41. The summed E-state index contributed by atoms with van der Waals surface area (Å²) in [6.07, 6.45) is 2.22. The van der Waals surface area contributed by atoms with Crippen LogP contribution in [0, 0.1) is 6.92 Å². The highest BCUT2D eigenvalue weighted by atomic mass is 16.2. The van der Waals surface area contributed by atoms with Crippen molar-refractivity contribution in [1.82, 2.24) is 15.1 Å². The molecule has 1 fully saturated rings. The highest BCUT2D eigenvalue weighted by molar-refractivity contribution is 6.01. The molecule has 28 heavy (non-hydrogen) atoms. The van der Waals surface area contributed by atoms with Crippen LogP contribution in [0.2, 0.25) is 0 Å². The second-order valence-corrected chi connectivity index (χ2v) is 7.09. The topological polar surface area (TPSA) is 69.3 Å². The maximum Gasteiger partial charge on any atom is 0.272 e. The molecule has 2 amide bonds. The first-order valence-corrected chi connectivity index (χ1v) is 9.33. The maximum absolute atomic E-state index is 13.0. The fourth-order valence-electron chi connectivity index (χ4n) is 3.57. The van der Waals surface area contributed by atoms with Gasteiger partial charge in [0.1, 0.15) is 12.2 Å². The van der Waals surface area contributed by atoms with Crippen LogP contribution in [-0.2, 0) is 11.2 Å². The van der Waals surface area contributed by atoms with Gasteiger partial charge in [0, 0.05) is 18.4 Å². The van der Waals surface area contributed by atoms with Crippen LogP contribution in [0.25, 0.3) is 0 Å². The average Bonchev–Trinajstić information content (AvgIpc) is 3.25. The molecule has 3 aromatic rings. The Bertz CT molecular complexity index is 952. The van der Waals surface area contributed by atoms with Gasteiger partial charge in [0.2, 0.25) is 5.91 Å². The standard InChI is InChI=1S/C22H22N4O2/c1-16-7-9-18(10-8-16)25-14-19(13-17-5-3-2-4-6-17)26(15-21(25)27)22(28)20-11-12-23-24-20/h2-12,19H,13-15H2,1H3,(H,23,24)/t19-/m1/s1. The van der Waals surface area contributed by atoms with Gasteiger partial charge in [0.15, 0.2) is 0 Å². The first kappa shape index (κ1) is 18.0. The van der Waals surface area contributed by atoms with Gasteiger partial charge < -0.3 is 9.80 Å². The van der Waals surface area contributed by atoms with E-state index in [-0.39, 0.29) is 24.4 Å². The average molecular weight is 374 g/mol. The van der Waals surface area contributed by atoms with Gasteiger partial charge in [-0.15, -0.1) is 0 Å². The molecule has 0 unspecified atom stereocenters. The maximum atomic E-state index is 13.0. The van der Waals surface area contributed by atoms with Crippen LogP contribution in [0.1, 0.15) is 21.6 Å². The summed E-state index contributed by atoms with van der Waals surface area (Å²) in [7, 11) is 0. The van der Waals surface area contributed by atoms with Gasteiger partial charge in [0.05, 0.1) is 6.04 Å². The molecule has 0 radical (unpaired) electrons. The lowest BCUT2D eigenvalue weighted by molar-refractivity contribution is -0.121. The molecule has 2 heterocycles. The third-order valence-electron chi connectivity index (χ3n) is 5.09. The van der Waals surface area contributed by atoms with Crippen LogP contribution < -0.4 is 4.90 Å². The number of hydrogen-bond acceptors (Lipinski definition) is 3. The van der Waals surface area contributed by atoms with Crippen molar-refractivity contribution in [2.75, 3.05) is 18.0 Å². The van der Waals surface area contributed by atoms with Gasteiger partial charge in [-0.3, -0.25) is 14.7 Å². The molecule has 142 valence electrons. The summed E-state index contributed by atoms with van der Waals surface area (Å²) < 4.78 is 0. The number of aryl methyl sites for hydroxylation is 1. The van der Waals surface area contributed by atoms with Gasteiger partial charge >= 0.3 is 0 Å². The van der Waals surface area contributed by atoms with Crippen molar-refractivity contribution in [3.8, 4) is 0 Å². The number of piperazine rings is 1. The summed E-state index contributed by atoms with van der Waals surface area (Å²) in [6.45, 7) is 2.52. The lowest BCUT2D eigenvalue weighted by atomic mass is 10.0. The van der Waals surface area contributed by atoms with Crippen LogP contribution in [0.15, 0.2) is 66.9 Å². The Hall–Kier alpha value is -3.41. The fraction of sp³-hybridized carbons (Fsp3) is 0.227. The molecule has 0 saturated carbocycles. The van der Waals surface area contributed by atoms with Gasteiger partial charge in [-0.2, -0.15) is 5.10 Å². The van der Waals surface area contributed by atoms with Crippen molar-refractivity contribution in [2.24, 2.45) is 0 Å². The first-order chi connectivity index (χ1) is 13.6. The molecule has 0 bridgehead atoms. The zero-order valence-electron chi connectivity index (χ0n) is 15.7. The molecule has 0 spiro atoms. The number of amides is 2. The number of nitrogens with one attached hydrogen (secondary N) is 1. The molecule has 1 saturated heterocycles. The van der Waals surface area contributed by atoms with E-state index in [9.17, 15) is 9.59 Å². The van der Waals surface area contributed by atoms with E-state index in [1.54, 1.807) is 22.1 Å². The smallest absolute Gasteiger partial charge is 0.272 e. The van der Waals surface area contributed by atoms with Gasteiger partial charge in [-0.1, -0.05) is 48.0 Å². The molecule has 1 aliphatic rings. The fourth-order valence-corrected chi connectivity index (χ4v) is 3.57. The number of carbonyl (C=O) groups is 2. The summed E-state index contributed by atoms with van der Waals surface area (Å²) in [4.78, 5) is 29.3. The Labute approximate surface area is 163 Å². The molecular formula is C22H22N4O2. The number of hydrogen-bond donors (Lipinski definition) is 1. The number of rotatable bonds is 4. The largest absolute Gasteiger partial charge is 0.323 e. The highest BCUT2D eigenvalue weighted by Gasteiger charge is 2.36. The van der Waals surface area contributed by atoms with E-state index < -0.39 is 0 Å². The number of aromatic amines is 1. The lowest BCUT2D eigenvalue weighted by Crippen LogP contribution is -2.59. The molecule has 4 rings (SSSR count). The number of H-pyrrole nitrogens is 1. The molecule has 6 heteroatoms. The Morgan fingerprint density at radius 2 is 1.86 bits per heavy atom. The van der Waals surface area contributed by atoms with Gasteiger partial charge in [0.25, 0.3) is 5.91 Å². The summed E-state index contributed by atoms with van der Waals surface area (Å²) in [5.74, 6) is -0.281. The van der Waals surface area contributed by atoms with Crippen LogP contribution in [-0.4, -0.2) is 46.0 Å². The third kappa shape index (κ3) is 3.67. The van der Waals surface area contributed by atoms with E-state index in [0.29, 0.717) is 18.7 Å². The minimum atomic E-state index is -0.199. The number of nitrogens with zero attached hydrogens (tertiary/aromatic N) is 3. The SMILES string of the molecule is Cc1ccc(N2C[C@@H](Cc3ccccc3)N(C(=O)c3ccn[nH]3)CC2=O)cc1. The Morgan fingerprint density at radius 3 is 2.54 bits per heavy atom. The van der Waals surface area contributed by atoms with Crippen LogP contribution in [0.4, 0.5) is 5.69 Å². The molecule has 2 aromatic carbocycles. The molecule has 6 nitrogen and oxygen atoms in total. The van der Waals surface area contributed by atoms with Crippen molar-refractivity contribution in [1.29, 1.82) is 0 Å². The summed E-state index contributed by atoms with van der Waals surface area (Å²) in [5, 5.41) is 6.59. The van der Waals surface area contributed by atoms with Crippen molar-refractivity contribution in [3.05, 3.63) is 83.7 Å². The predicted octanol–water partition coefficient (Wildman–Crippen LogP) is 2.82. The van der Waals surface area contributed by atoms with Crippen molar-refractivity contribution >= 4 is 17.5 Å². The Balaban J connectivity index is 1.63. The zero-order valence-corrected chi connectivity index (χ0v) is 15.7. The van der Waals surface area contributed by atoms with E-state index in [0.717, 1.165) is 16.8 Å². The second-order valence-electron chi connectivity index (χ2n) is 7.09.